The van der Waals surface area contributed by atoms with Crippen LogP contribution in [-0.4, -0.2) is 58.1 Å². The highest BCUT2D eigenvalue weighted by Gasteiger charge is 2.27. The monoisotopic (exact) mass is 458 g/mol. The highest BCUT2D eigenvalue weighted by Crippen LogP contribution is 2.27. The molecule has 2 heterocycles. The molecule has 2 aromatic rings. The fourth-order valence-electron chi connectivity index (χ4n) is 3.64. The minimum atomic E-state index is -4.28. The zero-order valence-electron chi connectivity index (χ0n) is 18.4. The minimum Gasteiger partial charge on any atom is -0.474 e. The van der Waals surface area contributed by atoms with Gasteiger partial charge in [0.25, 0.3) is 6.01 Å². The van der Waals surface area contributed by atoms with Gasteiger partial charge in [-0.05, 0) is 38.7 Å². The third-order valence-electron chi connectivity index (χ3n) is 5.21. The van der Waals surface area contributed by atoms with Crippen molar-refractivity contribution in [2.75, 3.05) is 13.2 Å². The lowest BCUT2D eigenvalue weighted by molar-refractivity contribution is -0.140. The summed E-state index contributed by atoms with van der Waals surface area (Å²) in [4.78, 5) is 19.7. The molecule has 1 fully saturated rings. The Morgan fingerprint density at radius 2 is 1.91 bits per heavy atom. The number of rotatable bonds is 9. The standard InChI is InChI=1S/C21H29F3N4O4/c1-13(25-14(2)29)12-31-15-4-6-16(7-5-15)32-18-9-8-17-19(27-18)28(3)20(26-17)30-11-10-21(22,23)24/h8-9,13,15-16H,4-7,10-12H2,1-3H3,(H,25,29)/t13-,15-,16-/m0/s1. The van der Waals surface area contributed by atoms with E-state index in [4.69, 9.17) is 14.2 Å². The molecule has 3 rings (SSSR count). The van der Waals surface area contributed by atoms with Crippen LogP contribution in [0.5, 0.6) is 11.9 Å². The van der Waals surface area contributed by atoms with Crippen LogP contribution in [0.25, 0.3) is 11.2 Å². The van der Waals surface area contributed by atoms with Gasteiger partial charge in [-0.2, -0.15) is 23.1 Å². The summed E-state index contributed by atoms with van der Waals surface area (Å²) in [6, 6.07) is 3.47. The van der Waals surface area contributed by atoms with Crippen LogP contribution in [-0.2, 0) is 16.6 Å². The lowest BCUT2D eigenvalue weighted by Gasteiger charge is -2.29. The number of halogens is 3. The van der Waals surface area contributed by atoms with E-state index in [9.17, 15) is 18.0 Å². The number of alkyl halides is 3. The first-order valence-electron chi connectivity index (χ1n) is 10.7. The van der Waals surface area contributed by atoms with Crippen molar-refractivity contribution in [1.82, 2.24) is 19.9 Å². The molecule has 0 saturated heterocycles. The van der Waals surface area contributed by atoms with Gasteiger partial charge in [0.1, 0.15) is 18.2 Å². The van der Waals surface area contributed by atoms with Crippen molar-refractivity contribution in [1.29, 1.82) is 0 Å². The molecule has 1 amide bonds. The Morgan fingerprint density at radius 1 is 1.22 bits per heavy atom. The molecule has 1 N–H and O–H groups in total. The number of amides is 1. The molecule has 0 aromatic carbocycles. The lowest BCUT2D eigenvalue weighted by Crippen LogP contribution is -2.36. The maximum absolute atomic E-state index is 12.3. The number of pyridine rings is 1. The molecule has 2 aromatic heterocycles. The molecule has 178 valence electrons. The Balaban J connectivity index is 1.50. The second-order valence-corrected chi connectivity index (χ2v) is 8.11. The quantitative estimate of drug-likeness (QED) is 0.619. The first kappa shape index (κ1) is 24.1. The van der Waals surface area contributed by atoms with E-state index in [0.717, 1.165) is 25.7 Å². The predicted octanol–water partition coefficient (Wildman–Crippen LogP) is 3.53. The van der Waals surface area contributed by atoms with Gasteiger partial charge in [-0.3, -0.25) is 9.36 Å². The van der Waals surface area contributed by atoms with Crippen LogP contribution in [0.1, 0.15) is 46.0 Å². The number of nitrogens with zero attached hydrogens (tertiary/aromatic N) is 3. The van der Waals surface area contributed by atoms with Gasteiger partial charge in [0, 0.05) is 26.1 Å². The highest BCUT2D eigenvalue weighted by molar-refractivity contribution is 5.73. The number of aryl methyl sites for hydroxylation is 1. The van der Waals surface area contributed by atoms with Crippen molar-refractivity contribution in [3.8, 4) is 11.9 Å². The van der Waals surface area contributed by atoms with Gasteiger partial charge in [0.2, 0.25) is 11.8 Å². The van der Waals surface area contributed by atoms with Crippen molar-refractivity contribution < 1.29 is 32.2 Å². The Hall–Kier alpha value is -2.56. The second-order valence-electron chi connectivity index (χ2n) is 8.11. The summed E-state index contributed by atoms with van der Waals surface area (Å²) in [5, 5.41) is 2.80. The molecular weight excluding hydrogens is 429 g/mol. The van der Waals surface area contributed by atoms with Crippen LogP contribution in [0.3, 0.4) is 0 Å². The Bertz CT molecular complexity index is 910. The van der Waals surface area contributed by atoms with E-state index in [1.807, 2.05) is 6.92 Å². The third kappa shape index (κ3) is 6.98. The van der Waals surface area contributed by atoms with E-state index < -0.39 is 19.2 Å². The Kier molecular flexibility index (Phi) is 7.81. The van der Waals surface area contributed by atoms with Crippen LogP contribution >= 0.6 is 0 Å². The number of imidazole rings is 1. The van der Waals surface area contributed by atoms with Crippen LogP contribution < -0.4 is 14.8 Å². The lowest BCUT2D eigenvalue weighted by atomic mass is 9.95. The number of fused-ring (bicyclic) bond motifs is 1. The number of aromatic nitrogens is 3. The van der Waals surface area contributed by atoms with E-state index in [-0.39, 0.29) is 30.2 Å². The van der Waals surface area contributed by atoms with Crippen LogP contribution in [0.15, 0.2) is 12.1 Å². The number of carbonyl (C=O) groups is 1. The maximum atomic E-state index is 12.3. The van der Waals surface area contributed by atoms with Gasteiger partial charge in [-0.25, -0.2) is 0 Å². The molecule has 0 aliphatic heterocycles. The van der Waals surface area contributed by atoms with Gasteiger partial charge in [0.15, 0.2) is 5.65 Å². The molecule has 8 nitrogen and oxygen atoms in total. The number of carbonyl (C=O) groups excluding carboxylic acids is 1. The maximum Gasteiger partial charge on any atom is 0.392 e. The fraction of sp³-hybridized carbons (Fsp3) is 0.667. The Labute approximate surface area is 184 Å². The van der Waals surface area contributed by atoms with Crippen molar-refractivity contribution in [2.45, 2.75) is 70.4 Å². The van der Waals surface area contributed by atoms with E-state index >= 15 is 0 Å². The van der Waals surface area contributed by atoms with E-state index in [1.54, 1.807) is 19.2 Å². The van der Waals surface area contributed by atoms with Gasteiger partial charge in [-0.1, -0.05) is 0 Å². The number of hydrogen-bond donors (Lipinski definition) is 1. The van der Waals surface area contributed by atoms with Gasteiger partial charge >= 0.3 is 6.18 Å². The molecule has 11 heteroatoms. The fourth-order valence-corrected chi connectivity index (χ4v) is 3.64. The summed E-state index contributed by atoms with van der Waals surface area (Å²) in [6.45, 7) is 3.36. The molecule has 0 radical (unpaired) electrons. The zero-order chi connectivity index (χ0) is 23.3. The van der Waals surface area contributed by atoms with Crippen molar-refractivity contribution in [3.63, 3.8) is 0 Å². The average Bonchev–Trinajstić information content (AvgIpc) is 3.01. The van der Waals surface area contributed by atoms with Crippen LogP contribution in [0.2, 0.25) is 0 Å². The molecule has 1 aliphatic carbocycles. The van der Waals surface area contributed by atoms with Crippen molar-refractivity contribution in [3.05, 3.63) is 12.1 Å². The van der Waals surface area contributed by atoms with Crippen molar-refractivity contribution >= 4 is 17.1 Å². The molecule has 1 atom stereocenters. The topological polar surface area (TPSA) is 87.5 Å². The molecule has 1 saturated carbocycles. The molecule has 0 spiro atoms. The Morgan fingerprint density at radius 3 is 2.56 bits per heavy atom. The van der Waals surface area contributed by atoms with Crippen molar-refractivity contribution in [2.24, 2.45) is 7.05 Å². The van der Waals surface area contributed by atoms with Crippen LogP contribution in [0.4, 0.5) is 13.2 Å². The molecule has 0 bridgehead atoms. The van der Waals surface area contributed by atoms with Gasteiger partial charge in [-0.15, -0.1) is 0 Å². The zero-order valence-corrected chi connectivity index (χ0v) is 18.4. The third-order valence-corrected chi connectivity index (χ3v) is 5.21. The largest absolute Gasteiger partial charge is 0.474 e. The average molecular weight is 458 g/mol. The molecule has 32 heavy (non-hydrogen) atoms. The summed E-state index contributed by atoms with van der Waals surface area (Å²) in [5.41, 5.74) is 1.00. The summed E-state index contributed by atoms with van der Waals surface area (Å²) in [6.07, 6.45) is -1.86. The van der Waals surface area contributed by atoms with Gasteiger partial charge < -0.3 is 19.5 Å². The van der Waals surface area contributed by atoms with Crippen LogP contribution in [0, 0.1) is 0 Å². The number of nitrogens with one attached hydrogen (secondary N) is 1. The summed E-state index contributed by atoms with van der Waals surface area (Å²) in [5.74, 6) is 0.363. The van der Waals surface area contributed by atoms with E-state index in [2.05, 4.69) is 15.3 Å². The minimum absolute atomic E-state index is 0.00306. The second kappa shape index (κ2) is 10.4. The first-order chi connectivity index (χ1) is 15.1. The first-order valence-corrected chi connectivity index (χ1v) is 10.7. The number of hydrogen-bond acceptors (Lipinski definition) is 6. The van der Waals surface area contributed by atoms with Gasteiger partial charge in [0.05, 0.1) is 19.1 Å². The van der Waals surface area contributed by atoms with E-state index in [1.165, 1.54) is 11.5 Å². The molecule has 1 aliphatic rings. The number of ether oxygens (including phenoxy) is 3. The SMILES string of the molecule is CC(=O)N[C@@H](C)CO[C@H]1CC[C@H](Oc2ccc3nc(OCCC(F)(F)F)n(C)c3n2)CC1. The summed E-state index contributed by atoms with van der Waals surface area (Å²) < 4.78 is 55.6. The summed E-state index contributed by atoms with van der Waals surface area (Å²) >= 11 is 0. The molecular formula is C21H29F3N4O4. The summed E-state index contributed by atoms with van der Waals surface area (Å²) in [7, 11) is 1.64. The molecule has 0 unspecified atom stereocenters. The highest BCUT2D eigenvalue weighted by atomic mass is 19.4. The smallest absolute Gasteiger partial charge is 0.392 e. The predicted molar refractivity (Wildman–Crippen MR) is 111 cm³/mol. The van der Waals surface area contributed by atoms with E-state index in [0.29, 0.717) is 23.7 Å². The normalized spacial score (nSPS) is 20.2.